The van der Waals surface area contributed by atoms with Crippen LogP contribution < -0.4 is 4.90 Å². The predicted octanol–water partition coefficient (Wildman–Crippen LogP) is 4.59. The fourth-order valence-electron chi connectivity index (χ4n) is 4.60. The van der Waals surface area contributed by atoms with E-state index in [1.54, 1.807) is 24.3 Å². The number of benzene rings is 3. The summed E-state index contributed by atoms with van der Waals surface area (Å²) < 4.78 is 28.8. The lowest BCUT2D eigenvalue weighted by atomic mass is 10.1. The first-order valence-corrected chi connectivity index (χ1v) is 13.6. The molecule has 194 valence electrons. The SMILES string of the molecule is CCN(CC)c1ccc(C2N(C(=O)c3ccc([N+](=O)[O-])cc3)CCN2S(=O)(=O)c2ccc(C)cc2)cc1. The van der Waals surface area contributed by atoms with Crippen molar-refractivity contribution in [3.8, 4) is 0 Å². The number of nitrogens with zero attached hydrogens (tertiary/aromatic N) is 4. The van der Waals surface area contributed by atoms with Gasteiger partial charge in [-0.15, -0.1) is 0 Å². The van der Waals surface area contributed by atoms with E-state index in [9.17, 15) is 23.3 Å². The largest absolute Gasteiger partial charge is 0.372 e. The van der Waals surface area contributed by atoms with Gasteiger partial charge in [-0.2, -0.15) is 4.31 Å². The molecule has 3 aromatic carbocycles. The van der Waals surface area contributed by atoms with E-state index in [-0.39, 0.29) is 29.2 Å². The summed E-state index contributed by atoms with van der Waals surface area (Å²) >= 11 is 0. The minimum atomic E-state index is -3.92. The number of carbonyl (C=O) groups excluding carboxylic acids is 1. The van der Waals surface area contributed by atoms with Crippen LogP contribution in [0.25, 0.3) is 0 Å². The lowest BCUT2D eigenvalue weighted by Gasteiger charge is -2.31. The van der Waals surface area contributed by atoms with Crippen LogP contribution in [0.15, 0.2) is 77.7 Å². The zero-order valence-electron chi connectivity index (χ0n) is 21.1. The Bertz CT molecular complexity index is 1370. The molecule has 1 heterocycles. The third kappa shape index (κ3) is 5.21. The highest BCUT2D eigenvalue weighted by Crippen LogP contribution is 2.37. The summed E-state index contributed by atoms with van der Waals surface area (Å²) in [6.45, 7) is 7.98. The molecule has 1 unspecified atom stereocenters. The van der Waals surface area contributed by atoms with Crippen LogP contribution in [0.3, 0.4) is 0 Å². The van der Waals surface area contributed by atoms with Crippen molar-refractivity contribution in [1.29, 1.82) is 0 Å². The number of hydrogen-bond donors (Lipinski definition) is 0. The van der Waals surface area contributed by atoms with Crippen molar-refractivity contribution in [2.75, 3.05) is 31.1 Å². The summed E-state index contributed by atoms with van der Waals surface area (Å²) in [6, 6.07) is 19.6. The number of amides is 1. The lowest BCUT2D eigenvalue weighted by Crippen LogP contribution is -2.38. The number of carbonyl (C=O) groups is 1. The number of hydrogen-bond acceptors (Lipinski definition) is 6. The van der Waals surface area contributed by atoms with E-state index in [1.807, 2.05) is 31.2 Å². The van der Waals surface area contributed by atoms with Crippen LogP contribution in [0.5, 0.6) is 0 Å². The Labute approximate surface area is 217 Å². The Morgan fingerprint density at radius 3 is 2.08 bits per heavy atom. The Kier molecular flexibility index (Phi) is 7.60. The van der Waals surface area contributed by atoms with E-state index in [4.69, 9.17) is 0 Å². The molecule has 0 spiro atoms. The van der Waals surface area contributed by atoms with E-state index in [1.165, 1.54) is 33.5 Å². The zero-order valence-corrected chi connectivity index (χ0v) is 21.9. The third-order valence-corrected chi connectivity index (χ3v) is 8.53. The first-order valence-electron chi connectivity index (χ1n) is 12.2. The van der Waals surface area contributed by atoms with E-state index in [0.29, 0.717) is 5.56 Å². The fourth-order valence-corrected chi connectivity index (χ4v) is 6.17. The number of nitro groups is 1. The highest BCUT2D eigenvalue weighted by atomic mass is 32.2. The molecule has 1 aliphatic heterocycles. The summed E-state index contributed by atoms with van der Waals surface area (Å²) in [7, 11) is -3.92. The van der Waals surface area contributed by atoms with Gasteiger partial charge in [-0.05, 0) is 62.7 Å². The molecule has 0 aromatic heterocycles. The molecule has 4 rings (SSSR count). The molecule has 0 bridgehead atoms. The number of nitro benzene ring substituents is 1. The van der Waals surface area contributed by atoms with Crippen LogP contribution in [0, 0.1) is 17.0 Å². The second-order valence-corrected chi connectivity index (χ2v) is 10.8. The van der Waals surface area contributed by atoms with Crippen LogP contribution >= 0.6 is 0 Å². The molecule has 1 aliphatic rings. The summed E-state index contributed by atoms with van der Waals surface area (Å²) in [5.74, 6) is -0.394. The zero-order chi connectivity index (χ0) is 26.7. The van der Waals surface area contributed by atoms with Crippen molar-refractivity contribution in [2.45, 2.75) is 31.8 Å². The van der Waals surface area contributed by atoms with E-state index >= 15 is 0 Å². The summed E-state index contributed by atoms with van der Waals surface area (Å²) in [5.41, 5.74) is 2.75. The maximum atomic E-state index is 13.7. The van der Waals surface area contributed by atoms with Gasteiger partial charge in [0.1, 0.15) is 6.17 Å². The van der Waals surface area contributed by atoms with Crippen LogP contribution in [-0.2, 0) is 10.0 Å². The van der Waals surface area contributed by atoms with Gasteiger partial charge in [0.2, 0.25) is 10.0 Å². The normalized spacial score (nSPS) is 16.1. The molecular formula is C27H30N4O5S. The smallest absolute Gasteiger partial charge is 0.269 e. The van der Waals surface area contributed by atoms with Gasteiger partial charge in [0.05, 0.1) is 9.82 Å². The Hall–Kier alpha value is -3.76. The number of rotatable bonds is 8. The van der Waals surface area contributed by atoms with Crippen molar-refractivity contribution in [2.24, 2.45) is 0 Å². The van der Waals surface area contributed by atoms with Crippen molar-refractivity contribution < 1.29 is 18.1 Å². The number of anilines is 1. The quantitative estimate of drug-likeness (QED) is 0.316. The van der Waals surface area contributed by atoms with Gasteiger partial charge in [-0.25, -0.2) is 8.42 Å². The molecule has 1 saturated heterocycles. The molecule has 1 fully saturated rings. The average Bonchev–Trinajstić information content (AvgIpc) is 3.36. The van der Waals surface area contributed by atoms with Crippen LogP contribution in [0.2, 0.25) is 0 Å². The van der Waals surface area contributed by atoms with Gasteiger partial charge in [-0.3, -0.25) is 14.9 Å². The average molecular weight is 523 g/mol. The standard InChI is InChI=1S/C27H30N4O5S/c1-4-28(5-2)23-12-8-21(9-13-23)26-29(27(32)22-10-14-24(15-11-22)31(33)34)18-19-30(26)37(35,36)25-16-6-20(3)7-17-25/h6-17,26H,4-5,18-19H2,1-3H3. The molecular weight excluding hydrogens is 492 g/mol. The monoisotopic (exact) mass is 522 g/mol. The molecule has 0 aliphatic carbocycles. The topological polar surface area (TPSA) is 104 Å². The molecule has 0 N–H and O–H groups in total. The molecule has 1 atom stereocenters. The van der Waals surface area contributed by atoms with Gasteiger partial charge >= 0.3 is 0 Å². The summed E-state index contributed by atoms with van der Waals surface area (Å²) in [6.07, 6.45) is -0.861. The second kappa shape index (κ2) is 10.7. The van der Waals surface area contributed by atoms with Crippen LogP contribution in [0.4, 0.5) is 11.4 Å². The number of aryl methyl sites for hydroxylation is 1. The Morgan fingerprint density at radius 2 is 1.54 bits per heavy atom. The maximum absolute atomic E-state index is 13.7. The summed E-state index contributed by atoms with van der Waals surface area (Å²) in [4.78, 5) is 27.9. The lowest BCUT2D eigenvalue weighted by molar-refractivity contribution is -0.384. The minimum absolute atomic E-state index is 0.120. The van der Waals surface area contributed by atoms with E-state index in [2.05, 4.69) is 18.7 Å². The van der Waals surface area contributed by atoms with Crippen LogP contribution in [-0.4, -0.2) is 54.6 Å². The second-order valence-electron chi connectivity index (χ2n) is 8.87. The Balaban J connectivity index is 1.75. The molecule has 0 radical (unpaired) electrons. The Morgan fingerprint density at radius 1 is 0.946 bits per heavy atom. The first kappa shape index (κ1) is 26.3. The van der Waals surface area contributed by atoms with Crippen molar-refractivity contribution in [3.63, 3.8) is 0 Å². The van der Waals surface area contributed by atoms with Gasteiger partial charge in [0.15, 0.2) is 0 Å². The molecule has 10 heteroatoms. The molecule has 1 amide bonds. The highest BCUT2D eigenvalue weighted by Gasteiger charge is 2.43. The van der Waals surface area contributed by atoms with Crippen molar-refractivity contribution in [3.05, 3.63) is 99.6 Å². The molecule has 0 saturated carbocycles. The molecule has 3 aromatic rings. The fraction of sp³-hybridized carbons (Fsp3) is 0.296. The molecule has 9 nitrogen and oxygen atoms in total. The van der Waals surface area contributed by atoms with Gasteiger partial charge in [-0.1, -0.05) is 29.8 Å². The van der Waals surface area contributed by atoms with Crippen LogP contribution in [0.1, 0.15) is 41.5 Å². The van der Waals surface area contributed by atoms with E-state index in [0.717, 1.165) is 24.3 Å². The first-order chi connectivity index (χ1) is 17.7. The minimum Gasteiger partial charge on any atom is -0.372 e. The third-order valence-electron chi connectivity index (χ3n) is 6.66. The highest BCUT2D eigenvalue weighted by molar-refractivity contribution is 7.89. The van der Waals surface area contributed by atoms with Crippen molar-refractivity contribution in [1.82, 2.24) is 9.21 Å². The molecule has 37 heavy (non-hydrogen) atoms. The predicted molar refractivity (Wildman–Crippen MR) is 142 cm³/mol. The van der Waals surface area contributed by atoms with Gasteiger partial charge in [0.25, 0.3) is 11.6 Å². The maximum Gasteiger partial charge on any atom is 0.269 e. The van der Waals surface area contributed by atoms with Gasteiger partial charge < -0.3 is 9.80 Å². The van der Waals surface area contributed by atoms with Gasteiger partial charge in [0, 0.05) is 49.6 Å². The number of sulfonamides is 1. The van der Waals surface area contributed by atoms with E-state index < -0.39 is 27.0 Å². The number of non-ortho nitro benzene ring substituents is 1. The van der Waals surface area contributed by atoms with Crippen molar-refractivity contribution >= 4 is 27.3 Å². The summed E-state index contributed by atoms with van der Waals surface area (Å²) in [5, 5.41) is 11.0.